The smallest absolute Gasteiger partial charge is 0.157 e. The molecule has 1 fully saturated rings. The molecule has 0 radical (unpaired) electrons. The van der Waals surface area contributed by atoms with Crippen LogP contribution >= 0.6 is 34.0 Å². The molecule has 1 heterocycles. The molecule has 0 saturated carbocycles. The maximum atomic E-state index is 9.76. The van der Waals surface area contributed by atoms with E-state index in [9.17, 15) is 15.3 Å². The predicted molar refractivity (Wildman–Crippen MR) is 151 cm³/mol. The molecule has 7 heteroatoms. The number of unbranched alkanes of at least 4 members (excludes halogenated alkanes) is 2. The van der Waals surface area contributed by atoms with Crippen LogP contribution in [0.25, 0.3) is 0 Å². The summed E-state index contributed by atoms with van der Waals surface area (Å²) >= 11 is 0. The van der Waals surface area contributed by atoms with Crippen LogP contribution < -0.4 is 0 Å². The van der Waals surface area contributed by atoms with Crippen LogP contribution in [0.2, 0.25) is 0 Å². The van der Waals surface area contributed by atoms with E-state index in [4.69, 9.17) is 0 Å². The monoisotopic (exact) mass is 600 g/mol. The maximum Gasteiger partial charge on any atom is 0.157 e. The number of nitrogens with zero attached hydrogens (tertiary/aromatic N) is 2. The molecule has 5 nitrogen and oxygen atoms in total. The fraction of sp³-hybridized carbons (Fsp3) is 0.556. The minimum absolute atomic E-state index is 0. The van der Waals surface area contributed by atoms with Crippen molar-refractivity contribution in [2.75, 3.05) is 32.7 Å². The molecule has 0 unspecified atom stereocenters. The Labute approximate surface area is 226 Å². The van der Waals surface area contributed by atoms with Gasteiger partial charge in [0.15, 0.2) is 11.5 Å². The molecule has 2 aromatic rings. The Kier molecular flexibility index (Phi) is 14.8. The van der Waals surface area contributed by atoms with Crippen molar-refractivity contribution in [3.8, 4) is 17.2 Å². The summed E-state index contributed by atoms with van der Waals surface area (Å²) in [7, 11) is 0. The molecule has 2 aromatic carbocycles. The number of rotatable bonds is 13. The van der Waals surface area contributed by atoms with Crippen molar-refractivity contribution in [3.05, 3.63) is 53.6 Å². The summed E-state index contributed by atoms with van der Waals surface area (Å²) in [6, 6.07) is 13.4. The standard InChI is InChI=1S/C27H40N2O3.2BrH/c1-2-14-28(18-13-22-8-6-10-25(30)20-22)15-4-3-5-16-29-17-7-9-24(29)19-23-11-12-26(31)27(32)21-23;;/h6,8,10-12,20-21,24,30-32H,2-5,7,9,13-19H2,1H3;2*1H/t24-;;/m1../s1. The first-order chi connectivity index (χ1) is 15.5. The van der Waals surface area contributed by atoms with E-state index in [2.05, 4.69) is 22.8 Å². The van der Waals surface area contributed by atoms with Gasteiger partial charge in [-0.3, -0.25) is 0 Å². The van der Waals surface area contributed by atoms with Crippen molar-refractivity contribution in [2.45, 2.75) is 64.3 Å². The Morgan fingerprint density at radius 1 is 0.882 bits per heavy atom. The summed E-state index contributed by atoms with van der Waals surface area (Å²) in [5.74, 6) is 0.288. The van der Waals surface area contributed by atoms with Gasteiger partial charge in [-0.25, -0.2) is 0 Å². The van der Waals surface area contributed by atoms with E-state index in [1.165, 1.54) is 50.6 Å². The van der Waals surface area contributed by atoms with Crippen LogP contribution in [0.1, 0.15) is 56.6 Å². The molecule has 0 amide bonds. The second-order valence-electron chi connectivity index (χ2n) is 9.18. The number of phenols is 3. The molecule has 1 saturated heterocycles. The lowest BCUT2D eigenvalue weighted by Crippen LogP contribution is -2.32. The van der Waals surface area contributed by atoms with E-state index < -0.39 is 0 Å². The van der Waals surface area contributed by atoms with Crippen molar-refractivity contribution in [2.24, 2.45) is 0 Å². The Morgan fingerprint density at radius 2 is 1.71 bits per heavy atom. The predicted octanol–water partition coefficient (Wildman–Crippen LogP) is 6.09. The van der Waals surface area contributed by atoms with Crippen molar-refractivity contribution in [1.82, 2.24) is 9.80 Å². The highest BCUT2D eigenvalue weighted by Crippen LogP contribution is 2.28. The fourth-order valence-corrected chi connectivity index (χ4v) is 4.87. The number of benzene rings is 2. The third kappa shape index (κ3) is 10.1. The molecule has 1 aliphatic rings. The summed E-state index contributed by atoms with van der Waals surface area (Å²) in [5.41, 5.74) is 2.30. The second kappa shape index (κ2) is 16.4. The molecule has 3 N–H and O–H groups in total. The quantitative estimate of drug-likeness (QED) is 0.191. The van der Waals surface area contributed by atoms with Gasteiger partial charge in [-0.15, -0.1) is 34.0 Å². The maximum absolute atomic E-state index is 9.76. The van der Waals surface area contributed by atoms with E-state index >= 15 is 0 Å². The molecule has 0 bridgehead atoms. The molecule has 0 spiro atoms. The topological polar surface area (TPSA) is 67.2 Å². The lowest BCUT2D eigenvalue weighted by molar-refractivity contribution is 0.238. The number of halogens is 2. The van der Waals surface area contributed by atoms with Gasteiger partial charge in [-0.05, 0) is 107 Å². The van der Waals surface area contributed by atoms with Crippen LogP contribution in [-0.4, -0.2) is 63.9 Å². The average molecular weight is 602 g/mol. The van der Waals surface area contributed by atoms with Crippen LogP contribution in [0.4, 0.5) is 0 Å². The first-order valence-electron chi connectivity index (χ1n) is 12.3. The molecular weight excluding hydrogens is 560 g/mol. The summed E-state index contributed by atoms with van der Waals surface area (Å²) in [6.07, 6.45) is 9.24. The molecular formula is C27H42Br2N2O3. The van der Waals surface area contributed by atoms with Crippen molar-refractivity contribution >= 4 is 34.0 Å². The van der Waals surface area contributed by atoms with Crippen LogP contribution in [0.15, 0.2) is 42.5 Å². The van der Waals surface area contributed by atoms with E-state index in [1.54, 1.807) is 18.2 Å². The van der Waals surface area contributed by atoms with Crippen LogP contribution in [0.5, 0.6) is 17.2 Å². The third-order valence-electron chi connectivity index (χ3n) is 6.60. The highest BCUT2D eigenvalue weighted by atomic mass is 79.9. The zero-order chi connectivity index (χ0) is 22.8. The molecule has 192 valence electrons. The molecule has 1 aliphatic heterocycles. The number of hydrogen-bond acceptors (Lipinski definition) is 5. The van der Waals surface area contributed by atoms with E-state index in [0.717, 1.165) is 44.6 Å². The largest absolute Gasteiger partial charge is 0.508 e. The Hall–Kier alpha value is -1.28. The normalized spacial score (nSPS) is 15.8. The van der Waals surface area contributed by atoms with Crippen molar-refractivity contribution < 1.29 is 15.3 Å². The second-order valence-corrected chi connectivity index (χ2v) is 9.18. The van der Waals surface area contributed by atoms with E-state index in [-0.39, 0.29) is 45.5 Å². The SMILES string of the molecule is Br.Br.CCCN(CCCCCN1CCC[C@@H]1Cc1ccc(O)c(O)c1)CCc1cccc(O)c1. The Balaban J connectivity index is 0.00000289. The van der Waals surface area contributed by atoms with Gasteiger partial charge in [0.05, 0.1) is 0 Å². The molecule has 0 aliphatic carbocycles. The lowest BCUT2D eigenvalue weighted by atomic mass is 10.0. The minimum atomic E-state index is -0.0453. The fourth-order valence-electron chi connectivity index (χ4n) is 4.87. The van der Waals surface area contributed by atoms with Crippen LogP contribution in [-0.2, 0) is 12.8 Å². The van der Waals surface area contributed by atoms with Gasteiger partial charge in [0.25, 0.3) is 0 Å². The molecule has 0 aromatic heterocycles. The summed E-state index contributed by atoms with van der Waals surface area (Å²) in [6.45, 7) is 7.87. The van der Waals surface area contributed by atoms with Gasteiger partial charge in [0.2, 0.25) is 0 Å². The van der Waals surface area contributed by atoms with Crippen molar-refractivity contribution in [3.63, 3.8) is 0 Å². The van der Waals surface area contributed by atoms with Crippen LogP contribution in [0, 0.1) is 0 Å². The summed E-state index contributed by atoms with van der Waals surface area (Å²) in [5, 5.41) is 28.9. The average Bonchev–Trinajstić information content (AvgIpc) is 3.21. The zero-order valence-electron chi connectivity index (χ0n) is 20.4. The highest BCUT2D eigenvalue weighted by Gasteiger charge is 2.24. The summed E-state index contributed by atoms with van der Waals surface area (Å²) in [4.78, 5) is 5.16. The molecule has 3 rings (SSSR count). The molecule has 34 heavy (non-hydrogen) atoms. The van der Waals surface area contributed by atoms with Gasteiger partial charge < -0.3 is 25.1 Å². The van der Waals surface area contributed by atoms with Gasteiger partial charge in [0.1, 0.15) is 5.75 Å². The van der Waals surface area contributed by atoms with Crippen LogP contribution in [0.3, 0.4) is 0 Å². The van der Waals surface area contributed by atoms with Gasteiger partial charge in [-0.2, -0.15) is 0 Å². The zero-order valence-corrected chi connectivity index (χ0v) is 23.8. The minimum Gasteiger partial charge on any atom is -0.508 e. The number of phenolic OH excluding ortho intramolecular Hbond substituents is 3. The van der Waals surface area contributed by atoms with Gasteiger partial charge >= 0.3 is 0 Å². The third-order valence-corrected chi connectivity index (χ3v) is 6.60. The highest BCUT2D eigenvalue weighted by molar-refractivity contribution is 8.93. The van der Waals surface area contributed by atoms with Gasteiger partial charge in [-0.1, -0.05) is 31.5 Å². The molecule has 1 atom stereocenters. The Bertz CT molecular complexity index is 837. The number of aromatic hydroxyl groups is 3. The first-order valence-corrected chi connectivity index (χ1v) is 12.3. The van der Waals surface area contributed by atoms with Crippen molar-refractivity contribution in [1.29, 1.82) is 0 Å². The number of hydrogen-bond donors (Lipinski definition) is 3. The number of likely N-dealkylation sites (tertiary alicyclic amines) is 1. The summed E-state index contributed by atoms with van der Waals surface area (Å²) < 4.78 is 0. The lowest BCUT2D eigenvalue weighted by Gasteiger charge is -2.25. The van der Waals surface area contributed by atoms with E-state index in [0.29, 0.717) is 11.8 Å². The Morgan fingerprint density at radius 3 is 2.44 bits per heavy atom. The van der Waals surface area contributed by atoms with E-state index in [1.807, 2.05) is 18.2 Å². The van der Waals surface area contributed by atoms with Gasteiger partial charge in [0, 0.05) is 12.6 Å². The first kappa shape index (κ1) is 30.8.